The maximum Gasteiger partial charge on any atom is 0.333 e. The largest absolute Gasteiger partial charge is 0.460 e. The summed E-state index contributed by atoms with van der Waals surface area (Å²) in [6.07, 6.45) is 1.17. The fourth-order valence-corrected chi connectivity index (χ4v) is 1.11. The molecule has 0 heterocycles. The van der Waals surface area contributed by atoms with Crippen molar-refractivity contribution in [3.05, 3.63) is 42.0 Å². The van der Waals surface area contributed by atoms with E-state index in [-0.39, 0.29) is 6.10 Å². The van der Waals surface area contributed by atoms with Crippen LogP contribution in [0.25, 0.3) is 5.70 Å². The van der Waals surface area contributed by atoms with Gasteiger partial charge in [-0.05, 0) is 19.4 Å². The molecule has 0 bridgehead atoms. The highest BCUT2D eigenvalue weighted by Gasteiger charge is 2.03. The molecular weight excluding hydrogens is 190 g/mol. The van der Waals surface area contributed by atoms with Gasteiger partial charge in [-0.25, -0.2) is 4.79 Å². The molecule has 1 aromatic rings. The summed E-state index contributed by atoms with van der Waals surface area (Å²) in [4.78, 5) is 11.3. The molecule has 1 aromatic carbocycles. The van der Waals surface area contributed by atoms with Crippen LogP contribution in [0.2, 0.25) is 0 Å². The van der Waals surface area contributed by atoms with Crippen molar-refractivity contribution in [3.8, 4) is 0 Å². The summed E-state index contributed by atoms with van der Waals surface area (Å²) >= 11 is 0. The Bertz CT molecular complexity index is 355. The summed E-state index contributed by atoms with van der Waals surface area (Å²) in [6.45, 7) is 3.59. The van der Waals surface area contributed by atoms with E-state index in [2.05, 4.69) is 0 Å². The Kier molecular flexibility index (Phi) is 3.92. The Morgan fingerprint density at radius 1 is 1.33 bits per heavy atom. The molecule has 0 saturated carbocycles. The van der Waals surface area contributed by atoms with Gasteiger partial charge in [0, 0.05) is 11.8 Å². The lowest BCUT2D eigenvalue weighted by Crippen LogP contribution is -2.10. The van der Waals surface area contributed by atoms with Crippen LogP contribution in [0, 0.1) is 0 Å². The molecule has 0 unspecified atom stereocenters. The summed E-state index contributed by atoms with van der Waals surface area (Å²) < 4.78 is 4.95. The Morgan fingerprint density at radius 3 is 2.47 bits per heavy atom. The zero-order valence-electron chi connectivity index (χ0n) is 8.94. The zero-order valence-corrected chi connectivity index (χ0v) is 8.94. The average molecular weight is 205 g/mol. The highest BCUT2D eigenvalue weighted by molar-refractivity contribution is 5.90. The van der Waals surface area contributed by atoms with Gasteiger partial charge in [0.15, 0.2) is 0 Å². The number of hydrogen-bond donors (Lipinski definition) is 1. The normalized spacial score (nSPS) is 11.5. The quantitative estimate of drug-likeness (QED) is 0.606. The number of nitrogens with two attached hydrogens (primary N) is 1. The van der Waals surface area contributed by atoms with Crippen LogP contribution in [0.15, 0.2) is 36.4 Å². The van der Waals surface area contributed by atoms with Gasteiger partial charge in [0.2, 0.25) is 0 Å². The SMILES string of the molecule is CC(C)OC(=O)C=C(N)c1ccccc1. The van der Waals surface area contributed by atoms with E-state index in [4.69, 9.17) is 10.5 Å². The molecule has 0 aromatic heterocycles. The molecular formula is C12H15NO2. The van der Waals surface area contributed by atoms with Crippen molar-refractivity contribution in [1.82, 2.24) is 0 Å². The van der Waals surface area contributed by atoms with Gasteiger partial charge < -0.3 is 10.5 Å². The molecule has 2 N–H and O–H groups in total. The predicted molar refractivity (Wildman–Crippen MR) is 59.8 cm³/mol. The minimum atomic E-state index is -0.411. The van der Waals surface area contributed by atoms with Crippen molar-refractivity contribution in [2.75, 3.05) is 0 Å². The first kappa shape index (κ1) is 11.3. The number of carbonyl (C=O) groups is 1. The summed E-state index contributed by atoms with van der Waals surface area (Å²) in [5, 5.41) is 0. The van der Waals surface area contributed by atoms with Gasteiger partial charge in [-0.2, -0.15) is 0 Å². The maximum absolute atomic E-state index is 11.3. The van der Waals surface area contributed by atoms with Crippen molar-refractivity contribution in [3.63, 3.8) is 0 Å². The van der Waals surface area contributed by atoms with Crippen LogP contribution in [-0.2, 0) is 9.53 Å². The second-order valence-electron chi connectivity index (χ2n) is 3.45. The third-order valence-electron chi connectivity index (χ3n) is 1.73. The summed E-state index contributed by atoms with van der Waals surface area (Å²) in [5.74, 6) is -0.411. The van der Waals surface area contributed by atoms with Crippen LogP contribution >= 0.6 is 0 Å². The highest BCUT2D eigenvalue weighted by atomic mass is 16.5. The van der Waals surface area contributed by atoms with Gasteiger partial charge in [-0.1, -0.05) is 30.3 Å². The van der Waals surface area contributed by atoms with E-state index in [1.807, 2.05) is 30.3 Å². The molecule has 0 aliphatic heterocycles. The number of ether oxygens (including phenoxy) is 1. The first-order valence-electron chi connectivity index (χ1n) is 4.83. The summed E-state index contributed by atoms with van der Waals surface area (Å²) in [5.41, 5.74) is 6.97. The van der Waals surface area contributed by atoms with Crippen molar-refractivity contribution in [2.24, 2.45) is 5.73 Å². The maximum atomic E-state index is 11.3. The van der Waals surface area contributed by atoms with E-state index in [0.29, 0.717) is 5.70 Å². The molecule has 0 fully saturated rings. The van der Waals surface area contributed by atoms with Crippen LogP contribution in [0.1, 0.15) is 19.4 Å². The molecule has 0 radical (unpaired) electrons. The predicted octanol–water partition coefficient (Wildman–Crippen LogP) is 1.94. The minimum absolute atomic E-state index is 0.127. The molecule has 80 valence electrons. The Labute approximate surface area is 89.5 Å². The fourth-order valence-electron chi connectivity index (χ4n) is 1.11. The van der Waals surface area contributed by atoms with Gasteiger partial charge in [0.1, 0.15) is 0 Å². The van der Waals surface area contributed by atoms with Crippen molar-refractivity contribution >= 4 is 11.7 Å². The average Bonchev–Trinajstić information content (AvgIpc) is 2.17. The summed E-state index contributed by atoms with van der Waals surface area (Å²) in [6, 6.07) is 9.31. The van der Waals surface area contributed by atoms with E-state index in [1.165, 1.54) is 6.08 Å². The molecule has 3 nitrogen and oxygen atoms in total. The first-order chi connectivity index (χ1) is 7.09. The standard InChI is InChI=1S/C12H15NO2/c1-9(2)15-12(14)8-11(13)10-6-4-3-5-7-10/h3-9H,13H2,1-2H3. The van der Waals surface area contributed by atoms with Crippen LogP contribution < -0.4 is 5.73 Å². The first-order valence-corrected chi connectivity index (χ1v) is 4.83. The molecule has 0 aliphatic carbocycles. The van der Waals surface area contributed by atoms with Crippen molar-refractivity contribution in [2.45, 2.75) is 20.0 Å². The lowest BCUT2D eigenvalue weighted by atomic mass is 10.1. The van der Waals surface area contributed by atoms with Gasteiger partial charge in [0.05, 0.1) is 6.10 Å². The van der Waals surface area contributed by atoms with E-state index >= 15 is 0 Å². The number of rotatable bonds is 3. The second-order valence-corrected chi connectivity index (χ2v) is 3.45. The van der Waals surface area contributed by atoms with Crippen LogP contribution in [-0.4, -0.2) is 12.1 Å². The Balaban J connectivity index is 2.72. The lowest BCUT2D eigenvalue weighted by Gasteiger charge is -2.05. The Hall–Kier alpha value is -1.77. The van der Waals surface area contributed by atoms with Crippen LogP contribution in [0.3, 0.4) is 0 Å². The molecule has 0 atom stereocenters. The molecule has 15 heavy (non-hydrogen) atoms. The second kappa shape index (κ2) is 5.20. The Morgan fingerprint density at radius 2 is 1.93 bits per heavy atom. The topological polar surface area (TPSA) is 52.3 Å². The number of hydrogen-bond acceptors (Lipinski definition) is 3. The lowest BCUT2D eigenvalue weighted by molar-refractivity contribution is -0.141. The molecule has 0 amide bonds. The van der Waals surface area contributed by atoms with E-state index in [1.54, 1.807) is 13.8 Å². The van der Waals surface area contributed by atoms with E-state index in [9.17, 15) is 4.79 Å². The van der Waals surface area contributed by atoms with Crippen molar-refractivity contribution < 1.29 is 9.53 Å². The minimum Gasteiger partial charge on any atom is -0.460 e. The molecule has 1 rings (SSSR count). The van der Waals surface area contributed by atoms with Crippen LogP contribution in [0.5, 0.6) is 0 Å². The van der Waals surface area contributed by atoms with Crippen LogP contribution in [0.4, 0.5) is 0 Å². The van der Waals surface area contributed by atoms with E-state index < -0.39 is 5.97 Å². The smallest absolute Gasteiger partial charge is 0.333 e. The van der Waals surface area contributed by atoms with Gasteiger partial charge in [-0.15, -0.1) is 0 Å². The third-order valence-corrected chi connectivity index (χ3v) is 1.73. The van der Waals surface area contributed by atoms with Gasteiger partial charge in [0.25, 0.3) is 0 Å². The third kappa shape index (κ3) is 3.85. The monoisotopic (exact) mass is 205 g/mol. The number of benzene rings is 1. The molecule has 0 spiro atoms. The molecule has 0 saturated heterocycles. The molecule has 0 aliphatic rings. The van der Waals surface area contributed by atoms with Gasteiger partial charge >= 0.3 is 5.97 Å². The number of esters is 1. The molecule has 3 heteroatoms. The fraction of sp³-hybridized carbons (Fsp3) is 0.250. The van der Waals surface area contributed by atoms with Gasteiger partial charge in [-0.3, -0.25) is 0 Å². The number of carbonyl (C=O) groups excluding carboxylic acids is 1. The highest BCUT2D eigenvalue weighted by Crippen LogP contribution is 2.07. The van der Waals surface area contributed by atoms with E-state index in [0.717, 1.165) is 5.56 Å². The van der Waals surface area contributed by atoms with Crippen molar-refractivity contribution in [1.29, 1.82) is 0 Å². The zero-order chi connectivity index (χ0) is 11.3. The summed E-state index contributed by atoms with van der Waals surface area (Å²) in [7, 11) is 0.